The Hall–Kier alpha value is -2.15. The van der Waals surface area contributed by atoms with E-state index in [9.17, 15) is 4.79 Å². The van der Waals surface area contributed by atoms with Crippen LogP contribution in [0.2, 0.25) is 5.22 Å². The van der Waals surface area contributed by atoms with Gasteiger partial charge in [-0.1, -0.05) is 5.16 Å². The van der Waals surface area contributed by atoms with Gasteiger partial charge in [-0.15, -0.1) is 5.10 Å². The maximum Gasteiger partial charge on any atom is 0.229 e. The molecule has 0 atom stereocenters. The first kappa shape index (κ1) is 16.7. The molecule has 0 unspecified atom stereocenters. The highest BCUT2D eigenvalue weighted by atomic mass is 35.5. The maximum absolute atomic E-state index is 12.5. The van der Waals surface area contributed by atoms with Crippen LogP contribution in [0.3, 0.4) is 0 Å². The largest absolute Gasteiger partial charge is 0.353 e. The highest BCUT2D eigenvalue weighted by molar-refractivity contribution is 6.29. The predicted octanol–water partition coefficient (Wildman–Crippen LogP) is 2.10. The van der Waals surface area contributed by atoms with Crippen LogP contribution in [0.4, 0.5) is 5.82 Å². The molecule has 1 amide bonds. The van der Waals surface area contributed by atoms with Crippen LogP contribution in [0, 0.1) is 6.92 Å². The Morgan fingerprint density at radius 3 is 2.92 bits per heavy atom. The van der Waals surface area contributed by atoms with Crippen molar-refractivity contribution in [1.82, 2.24) is 20.3 Å². The summed E-state index contributed by atoms with van der Waals surface area (Å²) in [6, 6.07) is 3.82. The van der Waals surface area contributed by atoms with Gasteiger partial charge in [0.1, 0.15) is 0 Å². The molecule has 1 fully saturated rings. The molecule has 2 aromatic rings. The summed E-state index contributed by atoms with van der Waals surface area (Å²) in [6.45, 7) is 4.91. The summed E-state index contributed by atoms with van der Waals surface area (Å²) in [5.74, 6) is 0.992. The second-order valence-electron chi connectivity index (χ2n) is 5.82. The van der Waals surface area contributed by atoms with Gasteiger partial charge < -0.3 is 14.3 Å². The topological polar surface area (TPSA) is 75.4 Å². The summed E-state index contributed by atoms with van der Waals surface area (Å²) < 4.78 is 4.93. The van der Waals surface area contributed by atoms with Gasteiger partial charge in [-0.3, -0.25) is 4.79 Å². The first-order valence-corrected chi connectivity index (χ1v) is 8.44. The minimum atomic E-state index is 0.132. The third kappa shape index (κ3) is 3.84. The van der Waals surface area contributed by atoms with Crippen molar-refractivity contribution in [3.63, 3.8) is 0 Å². The lowest BCUT2D eigenvalue weighted by Gasteiger charge is -2.22. The first-order valence-electron chi connectivity index (χ1n) is 8.06. The quantitative estimate of drug-likeness (QED) is 0.841. The van der Waals surface area contributed by atoms with E-state index >= 15 is 0 Å². The van der Waals surface area contributed by atoms with Crippen LogP contribution < -0.4 is 4.90 Å². The van der Waals surface area contributed by atoms with Gasteiger partial charge in [0.15, 0.2) is 5.82 Å². The van der Waals surface area contributed by atoms with E-state index in [1.165, 1.54) is 0 Å². The van der Waals surface area contributed by atoms with E-state index in [1.54, 1.807) is 6.20 Å². The Labute approximate surface area is 145 Å². The number of hydrogen-bond donors (Lipinski definition) is 0. The van der Waals surface area contributed by atoms with E-state index in [0.29, 0.717) is 19.4 Å². The normalized spacial score (nSPS) is 15.4. The molecule has 0 saturated carbocycles. The molecule has 0 radical (unpaired) electrons. The van der Waals surface area contributed by atoms with Crippen LogP contribution in [0.25, 0.3) is 0 Å². The first-order chi connectivity index (χ1) is 11.6. The van der Waals surface area contributed by atoms with Crippen LogP contribution in [-0.4, -0.2) is 52.3 Å². The summed E-state index contributed by atoms with van der Waals surface area (Å²) in [5, 5.41) is 12.2. The van der Waals surface area contributed by atoms with Crippen molar-refractivity contribution in [3.05, 3.63) is 34.8 Å². The number of nitrogens with zero attached hydrogens (tertiary/aromatic N) is 5. The van der Waals surface area contributed by atoms with Crippen molar-refractivity contribution in [3.8, 4) is 0 Å². The molecule has 128 valence electrons. The van der Waals surface area contributed by atoms with Crippen molar-refractivity contribution in [2.24, 2.45) is 0 Å². The Morgan fingerprint density at radius 1 is 1.33 bits per heavy atom. The molecule has 1 aliphatic rings. The Balaban J connectivity index is 1.55. The molecule has 0 bridgehead atoms. The monoisotopic (exact) mass is 349 g/mol. The number of amides is 1. The van der Waals surface area contributed by atoms with E-state index in [-0.39, 0.29) is 11.1 Å². The second kappa shape index (κ2) is 7.61. The van der Waals surface area contributed by atoms with E-state index < -0.39 is 0 Å². The number of carbonyl (C=O) groups is 1. The molecule has 8 heteroatoms. The van der Waals surface area contributed by atoms with E-state index in [0.717, 1.165) is 43.1 Å². The molecule has 1 aliphatic heterocycles. The summed E-state index contributed by atoms with van der Waals surface area (Å²) in [4.78, 5) is 16.6. The fraction of sp³-hybridized carbons (Fsp3) is 0.500. The van der Waals surface area contributed by atoms with Crippen LogP contribution in [-0.2, 0) is 11.2 Å². The minimum Gasteiger partial charge on any atom is -0.353 e. The lowest BCUT2D eigenvalue weighted by molar-refractivity contribution is -0.130. The number of aryl methyl sites for hydroxylation is 1. The zero-order chi connectivity index (χ0) is 16.9. The second-order valence-corrected chi connectivity index (χ2v) is 6.17. The van der Waals surface area contributed by atoms with Crippen LogP contribution >= 0.6 is 11.6 Å². The highest BCUT2D eigenvalue weighted by Crippen LogP contribution is 2.21. The molecule has 24 heavy (non-hydrogen) atoms. The average Bonchev–Trinajstić information content (AvgIpc) is 2.81. The van der Waals surface area contributed by atoms with Crippen LogP contribution in [0.15, 0.2) is 22.9 Å². The summed E-state index contributed by atoms with van der Waals surface area (Å²) in [6.07, 6.45) is 3.54. The van der Waals surface area contributed by atoms with E-state index in [4.69, 9.17) is 16.1 Å². The maximum atomic E-state index is 12.5. The molecule has 0 aromatic carbocycles. The highest BCUT2D eigenvalue weighted by Gasteiger charge is 2.21. The van der Waals surface area contributed by atoms with Crippen molar-refractivity contribution in [2.45, 2.75) is 26.2 Å². The standard InChI is InChI=1S/C16H20ClN5O2/c1-12-13(16(17)24-20-12)5-6-15(23)22-9-3-8-21(10-11-22)14-4-2-7-18-19-14/h2,4,7H,3,5-6,8-11H2,1H3. The lowest BCUT2D eigenvalue weighted by Crippen LogP contribution is -2.35. The van der Waals surface area contributed by atoms with Gasteiger partial charge in [0.05, 0.1) is 5.69 Å². The molecule has 0 N–H and O–H groups in total. The molecule has 1 saturated heterocycles. The number of aromatic nitrogens is 3. The molecule has 0 aliphatic carbocycles. The fourth-order valence-electron chi connectivity index (χ4n) is 2.89. The zero-order valence-electron chi connectivity index (χ0n) is 13.6. The molecular weight excluding hydrogens is 330 g/mol. The molecule has 0 spiro atoms. The van der Waals surface area contributed by atoms with Gasteiger partial charge >= 0.3 is 0 Å². The number of carbonyl (C=O) groups excluding carboxylic acids is 1. The number of rotatable bonds is 4. The Kier molecular flexibility index (Phi) is 5.30. The number of halogens is 1. The number of hydrogen-bond acceptors (Lipinski definition) is 6. The molecule has 7 nitrogen and oxygen atoms in total. The SMILES string of the molecule is Cc1noc(Cl)c1CCC(=O)N1CCCN(c2cccnn2)CC1. The molecule has 3 rings (SSSR count). The fourth-order valence-corrected chi connectivity index (χ4v) is 3.15. The van der Waals surface area contributed by atoms with Gasteiger partial charge in [-0.05, 0) is 43.5 Å². The third-order valence-electron chi connectivity index (χ3n) is 4.26. The molecular formula is C16H20ClN5O2. The van der Waals surface area contributed by atoms with Crippen molar-refractivity contribution in [2.75, 3.05) is 31.1 Å². The third-order valence-corrected chi connectivity index (χ3v) is 4.55. The van der Waals surface area contributed by atoms with E-state index in [1.807, 2.05) is 24.0 Å². The van der Waals surface area contributed by atoms with E-state index in [2.05, 4.69) is 20.3 Å². The van der Waals surface area contributed by atoms with Crippen LogP contribution in [0.1, 0.15) is 24.1 Å². The average molecular weight is 350 g/mol. The summed E-state index contributed by atoms with van der Waals surface area (Å²) in [5.41, 5.74) is 1.57. The van der Waals surface area contributed by atoms with Crippen LogP contribution in [0.5, 0.6) is 0 Å². The van der Waals surface area contributed by atoms with Crippen molar-refractivity contribution < 1.29 is 9.32 Å². The van der Waals surface area contributed by atoms with Gasteiger partial charge in [-0.2, -0.15) is 5.10 Å². The van der Waals surface area contributed by atoms with Crippen molar-refractivity contribution in [1.29, 1.82) is 0 Å². The van der Waals surface area contributed by atoms with Crippen molar-refractivity contribution >= 4 is 23.3 Å². The molecule has 2 aromatic heterocycles. The smallest absolute Gasteiger partial charge is 0.229 e. The lowest BCUT2D eigenvalue weighted by atomic mass is 10.1. The predicted molar refractivity (Wildman–Crippen MR) is 90.0 cm³/mol. The minimum absolute atomic E-state index is 0.132. The Morgan fingerprint density at radius 2 is 2.21 bits per heavy atom. The van der Waals surface area contributed by atoms with Gasteiger partial charge in [0.2, 0.25) is 11.1 Å². The summed E-state index contributed by atoms with van der Waals surface area (Å²) >= 11 is 5.95. The molecule has 3 heterocycles. The number of anilines is 1. The summed E-state index contributed by atoms with van der Waals surface area (Å²) in [7, 11) is 0. The Bertz CT molecular complexity index is 672. The van der Waals surface area contributed by atoms with Gasteiger partial charge in [0.25, 0.3) is 0 Å². The zero-order valence-corrected chi connectivity index (χ0v) is 14.4. The van der Waals surface area contributed by atoms with Gasteiger partial charge in [0, 0.05) is 44.4 Å². The van der Waals surface area contributed by atoms with Gasteiger partial charge in [-0.25, -0.2) is 0 Å².